The molecule has 0 saturated carbocycles. The summed E-state index contributed by atoms with van der Waals surface area (Å²) in [4.78, 5) is 13.2. The molecule has 1 amide bonds. The maximum atomic E-state index is 12.1. The van der Waals surface area contributed by atoms with Crippen molar-refractivity contribution in [3.63, 3.8) is 0 Å². The van der Waals surface area contributed by atoms with Crippen LogP contribution in [0.2, 0.25) is 0 Å². The van der Waals surface area contributed by atoms with Crippen LogP contribution in [0.4, 0.5) is 5.69 Å². The summed E-state index contributed by atoms with van der Waals surface area (Å²) in [5, 5.41) is 11.4. The van der Waals surface area contributed by atoms with Crippen molar-refractivity contribution in [1.82, 2.24) is 0 Å². The van der Waals surface area contributed by atoms with Crippen LogP contribution in [0.1, 0.15) is 12.5 Å². The highest BCUT2D eigenvalue weighted by Gasteiger charge is 2.14. The number of carbonyl (C=O) groups excluding carboxylic acids is 1. The predicted molar refractivity (Wildman–Crippen MR) is 89.2 cm³/mol. The smallest absolute Gasteiger partial charge is 0.237 e. The standard InChI is InChI=1S/C16H13BrN2OS/c1-11(21-15-8-4-13(17)5-9-15)16(20)19-14-6-2-12(10-18)3-7-14/h2-9,11H,1H3,(H,19,20)/t11-/m0/s1. The zero-order chi connectivity index (χ0) is 15.2. The maximum Gasteiger partial charge on any atom is 0.237 e. The fourth-order valence-electron chi connectivity index (χ4n) is 1.64. The van der Waals surface area contributed by atoms with E-state index >= 15 is 0 Å². The number of hydrogen-bond donors (Lipinski definition) is 1. The van der Waals surface area contributed by atoms with Gasteiger partial charge in [-0.2, -0.15) is 5.26 Å². The van der Waals surface area contributed by atoms with Gasteiger partial charge in [-0.25, -0.2) is 0 Å². The molecule has 2 aromatic rings. The second-order valence-electron chi connectivity index (χ2n) is 4.39. The van der Waals surface area contributed by atoms with Gasteiger partial charge in [-0.15, -0.1) is 11.8 Å². The van der Waals surface area contributed by atoms with E-state index in [2.05, 4.69) is 21.2 Å². The average Bonchev–Trinajstić information content (AvgIpc) is 2.50. The molecule has 3 nitrogen and oxygen atoms in total. The van der Waals surface area contributed by atoms with Gasteiger partial charge in [0, 0.05) is 15.1 Å². The van der Waals surface area contributed by atoms with Crippen LogP contribution in [0.3, 0.4) is 0 Å². The van der Waals surface area contributed by atoms with Crippen molar-refractivity contribution in [3.8, 4) is 6.07 Å². The van der Waals surface area contributed by atoms with Crippen LogP contribution >= 0.6 is 27.7 Å². The molecule has 1 atom stereocenters. The van der Waals surface area contributed by atoms with Crippen LogP contribution in [0.5, 0.6) is 0 Å². The Kier molecular flexibility index (Phi) is 5.43. The van der Waals surface area contributed by atoms with Crippen molar-refractivity contribution < 1.29 is 4.79 Å². The molecule has 0 heterocycles. The Balaban J connectivity index is 1.95. The SMILES string of the molecule is C[C@H](Sc1ccc(Br)cc1)C(=O)Nc1ccc(C#N)cc1. The molecule has 1 N–H and O–H groups in total. The lowest BCUT2D eigenvalue weighted by molar-refractivity contribution is -0.115. The lowest BCUT2D eigenvalue weighted by Gasteiger charge is -2.12. The van der Waals surface area contributed by atoms with Crippen LogP contribution < -0.4 is 5.32 Å². The summed E-state index contributed by atoms with van der Waals surface area (Å²) in [5.41, 5.74) is 1.27. The molecule has 0 aliphatic rings. The van der Waals surface area contributed by atoms with Gasteiger partial charge in [0.25, 0.3) is 0 Å². The zero-order valence-electron chi connectivity index (χ0n) is 11.3. The number of halogens is 1. The third-order valence-electron chi connectivity index (χ3n) is 2.78. The van der Waals surface area contributed by atoms with Gasteiger partial charge in [0.2, 0.25) is 5.91 Å². The number of nitriles is 1. The number of thioether (sulfide) groups is 1. The highest BCUT2D eigenvalue weighted by molar-refractivity contribution is 9.10. The summed E-state index contributed by atoms with van der Waals surface area (Å²) in [6.07, 6.45) is 0. The van der Waals surface area contributed by atoms with E-state index in [4.69, 9.17) is 5.26 Å². The normalized spacial score (nSPS) is 11.5. The molecule has 2 aromatic carbocycles. The number of amides is 1. The molecule has 0 fully saturated rings. The van der Waals surface area contributed by atoms with Gasteiger partial charge in [0.15, 0.2) is 0 Å². The van der Waals surface area contributed by atoms with E-state index in [1.165, 1.54) is 11.8 Å². The van der Waals surface area contributed by atoms with Gasteiger partial charge in [0.05, 0.1) is 16.9 Å². The second kappa shape index (κ2) is 7.30. The number of anilines is 1. The van der Waals surface area contributed by atoms with Crippen molar-refractivity contribution in [2.24, 2.45) is 0 Å². The summed E-state index contributed by atoms with van der Waals surface area (Å²) < 4.78 is 1.02. The van der Waals surface area contributed by atoms with Crippen LogP contribution in [-0.4, -0.2) is 11.2 Å². The fourth-order valence-corrected chi connectivity index (χ4v) is 2.77. The van der Waals surface area contributed by atoms with Gasteiger partial charge < -0.3 is 5.32 Å². The molecule has 0 unspecified atom stereocenters. The van der Waals surface area contributed by atoms with Gasteiger partial charge in [0.1, 0.15) is 0 Å². The largest absolute Gasteiger partial charge is 0.325 e. The minimum Gasteiger partial charge on any atom is -0.325 e. The monoisotopic (exact) mass is 360 g/mol. The molecule has 21 heavy (non-hydrogen) atoms. The Labute approximate surface area is 136 Å². The summed E-state index contributed by atoms with van der Waals surface area (Å²) in [7, 11) is 0. The highest BCUT2D eigenvalue weighted by Crippen LogP contribution is 2.25. The first-order valence-electron chi connectivity index (χ1n) is 6.32. The molecule has 106 valence electrons. The quantitative estimate of drug-likeness (QED) is 0.819. The molecule has 0 spiro atoms. The van der Waals surface area contributed by atoms with Crippen molar-refractivity contribution in [3.05, 3.63) is 58.6 Å². The van der Waals surface area contributed by atoms with Crippen LogP contribution in [0, 0.1) is 11.3 Å². The third-order valence-corrected chi connectivity index (χ3v) is 4.42. The highest BCUT2D eigenvalue weighted by atomic mass is 79.9. The molecule has 0 aromatic heterocycles. The minimum absolute atomic E-state index is 0.0624. The van der Waals surface area contributed by atoms with E-state index in [1.54, 1.807) is 24.3 Å². The van der Waals surface area contributed by atoms with Crippen LogP contribution in [0.25, 0.3) is 0 Å². The Morgan fingerprint density at radius 2 is 1.81 bits per heavy atom. The Morgan fingerprint density at radius 3 is 2.38 bits per heavy atom. The minimum atomic E-state index is -0.207. The number of benzene rings is 2. The summed E-state index contributed by atoms with van der Waals surface area (Å²) in [6.45, 7) is 1.87. The molecule has 2 rings (SSSR count). The topological polar surface area (TPSA) is 52.9 Å². The van der Waals surface area contributed by atoms with E-state index in [9.17, 15) is 4.79 Å². The van der Waals surface area contributed by atoms with Gasteiger partial charge >= 0.3 is 0 Å². The molecule has 0 aliphatic carbocycles. The Hall–Kier alpha value is -1.77. The van der Waals surface area contributed by atoms with Gasteiger partial charge in [-0.05, 0) is 55.5 Å². The van der Waals surface area contributed by atoms with Crippen LogP contribution in [-0.2, 0) is 4.79 Å². The Bertz CT molecular complexity index is 662. The first kappa shape index (κ1) is 15.6. The molecular weight excluding hydrogens is 348 g/mol. The number of carbonyl (C=O) groups is 1. The van der Waals surface area contributed by atoms with E-state index in [1.807, 2.05) is 37.3 Å². The second-order valence-corrected chi connectivity index (χ2v) is 6.72. The van der Waals surface area contributed by atoms with Crippen molar-refractivity contribution in [2.45, 2.75) is 17.1 Å². The molecule has 0 saturated heterocycles. The lowest BCUT2D eigenvalue weighted by Crippen LogP contribution is -2.22. The number of rotatable bonds is 4. The van der Waals surface area contributed by atoms with Crippen molar-refractivity contribution >= 4 is 39.3 Å². The van der Waals surface area contributed by atoms with Crippen LogP contribution in [0.15, 0.2) is 57.9 Å². The number of nitrogens with one attached hydrogen (secondary N) is 1. The van der Waals surface area contributed by atoms with Gasteiger partial charge in [-0.3, -0.25) is 4.79 Å². The third kappa shape index (κ3) is 4.62. The van der Waals surface area contributed by atoms with E-state index in [-0.39, 0.29) is 11.2 Å². The fraction of sp³-hybridized carbons (Fsp3) is 0.125. The molecule has 5 heteroatoms. The molecule has 0 bridgehead atoms. The lowest BCUT2D eigenvalue weighted by atomic mass is 10.2. The zero-order valence-corrected chi connectivity index (χ0v) is 13.7. The molecular formula is C16H13BrN2OS. The predicted octanol–water partition coefficient (Wildman–Crippen LogP) is 4.44. The number of hydrogen-bond acceptors (Lipinski definition) is 3. The summed E-state index contributed by atoms with van der Waals surface area (Å²) in [6, 6.07) is 16.7. The molecule has 0 aliphatic heterocycles. The van der Waals surface area contributed by atoms with Gasteiger partial charge in [-0.1, -0.05) is 15.9 Å². The van der Waals surface area contributed by atoms with E-state index in [0.29, 0.717) is 11.3 Å². The first-order valence-corrected chi connectivity index (χ1v) is 7.99. The average molecular weight is 361 g/mol. The Morgan fingerprint density at radius 1 is 1.19 bits per heavy atom. The summed E-state index contributed by atoms with van der Waals surface area (Å²) in [5.74, 6) is -0.0624. The van der Waals surface area contributed by atoms with Crippen molar-refractivity contribution in [1.29, 1.82) is 5.26 Å². The maximum absolute atomic E-state index is 12.1. The van der Waals surface area contributed by atoms with Crippen molar-refractivity contribution in [2.75, 3.05) is 5.32 Å². The first-order chi connectivity index (χ1) is 10.1. The number of nitrogens with zero attached hydrogens (tertiary/aromatic N) is 1. The van der Waals surface area contributed by atoms with E-state index < -0.39 is 0 Å². The molecule has 0 radical (unpaired) electrons. The van der Waals surface area contributed by atoms with E-state index in [0.717, 1.165) is 9.37 Å². The summed E-state index contributed by atoms with van der Waals surface area (Å²) >= 11 is 4.89.